The van der Waals surface area contributed by atoms with Gasteiger partial charge in [-0.25, -0.2) is 0 Å². The Kier molecular flexibility index (Phi) is 6.97. The molecule has 0 saturated carbocycles. The summed E-state index contributed by atoms with van der Waals surface area (Å²) in [5.41, 5.74) is 2.36. The number of rotatable bonds is 8. The maximum atomic E-state index is 9.25. The van der Waals surface area contributed by atoms with Gasteiger partial charge < -0.3 is 0 Å². The number of thioether (sulfide) groups is 1. The molecule has 1 rings (SSSR count). The largest absolute Gasteiger partial charge is 0.300 e. The Morgan fingerprint density at radius 3 is 2.74 bits per heavy atom. The minimum atomic E-state index is -0.380. The predicted octanol–water partition coefficient (Wildman–Crippen LogP) is 3.90. The van der Waals surface area contributed by atoms with Crippen molar-refractivity contribution in [1.29, 1.82) is 5.26 Å². The Bertz CT molecular complexity index is 425. The predicted molar refractivity (Wildman–Crippen MR) is 84.3 cm³/mol. The van der Waals surface area contributed by atoms with Crippen LogP contribution in [-0.4, -0.2) is 17.8 Å². The minimum absolute atomic E-state index is 0.380. The molecule has 0 aliphatic carbocycles. The molecule has 2 nitrogen and oxygen atoms in total. The van der Waals surface area contributed by atoms with Crippen LogP contribution in [-0.2, 0) is 5.75 Å². The number of nitriles is 1. The Morgan fingerprint density at radius 1 is 1.37 bits per heavy atom. The van der Waals surface area contributed by atoms with Crippen molar-refractivity contribution in [2.24, 2.45) is 0 Å². The highest BCUT2D eigenvalue weighted by atomic mass is 32.2. The summed E-state index contributed by atoms with van der Waals surface area (Å²) in [4.78, 5) is 0. The summed E-state index contributed by atoms with van der Waals surface area (Å²) < 4.78 is 0. The van der Waals surface area contributed by atoms with Crippen molar-refractivity contribution in [3.63, 3.8) is 0 Å². The van der Waals surface area contributed by atoms with Gasteiger partial charge in [0.05, 0.1) is 6.07 Å². The third-order valence-electron chi connectivity index (χ3n) is 3.28. The molecule has 1 N–H and O–H groups in total. The quantitative estimate of drug-likeness (QED) is 0.731. The first-order valence-corrected chi connectivity index (χ1v) is 8.05. The van der Waals surface area contributed by atoms with E-state index in [0.717, 1.165) is 30.9 Å². The van der Waals surface area contributed by atoms with E-state index in [0.29, 0.717) is 0 Å². The van der Waals surface area contributed by atoms with Crippen LogP contribution in [0.1, 0.15) is 37.8 Å². The second kappa shape index (κ2) is 8.24. The molecular formula is C16H24N2S. The van der Waals surface area contributed by atoms with E-state index in [-0.39, 0.29) is 5.54 Å². The van der Waals surface area contributed by atoms with Gasteiger partial charge in [0.2, 0.25) is 0 Å². The van der Waals surface area contributed by atoms with Crippen molar-refractivity contribution < 1.29 is 0 Å². The minimum Gasteiger partial charge on any atom is -0.300 e. The van der Waals surface area contributed by atoms with Gasteiger partial charge in [-0.05, 0) is 50.1 Å². The monoisotopic (exact) mass is 276 g/mol. The number of hydrogen-bond donors (Lipinski definition) is 1. The molecule has 0 aliphatic rings. The van der Waals surface area contributed by atoms with E-state index in [2.05, 4.69) is 49.5 Å². The first kappa shape index (κ1) is 16.1. The lowest BCUT2D eigenvalue weighted by Gasteiger charge is -2.22. The molecule has 3 heteroatoms. The van der Waals surface area contributed by atoms with Gasteiger partial charge in [-0.1, -0.05) is 31.2 Å². The summed E-state index contributed by atoms with van der Waals surface area (Å²) in [6.07, 6.45) is 1.95. The van der Waals surface area contributed by atoms with Gasteiger partial charge in [0.15, 0.2) is 0 Å². The summed E-state index contributed by atoms with van der Waals surface area (Å²) in [5.74, 6) is 2.04. The first-order chi connectivity index (χ1) is 9.11. The van der Waals surface area contributed by atoms with E-state index in [4.69, 9.17) is 0 Å². The topological polar surface area (TPSA) is 35.8 Å². The Labute approximate surface area is 121 Å². The lowest BCUT2D eigenvalue weighted by molar-refractivity contribution is 0.437. The third kappa shape index (κ3) is 5.67. The van der Waals surface area contributed by atoms with Crippen LogP contribution in [0.25, 0.3) is 0 Å². The zero-order valence-electron chi connectivity index (χ0n) is 12.2. The highest BCUT2D eigenvalue weighted by Gasteiger charge is 2.21. The van der Waals surface area contributed by atoms with Crippen molar-refractivity contribution in [3.05, 3.63) is 35.4 Å². The number of aryl methyl sites for hydroxylation is 1. The summed E-state index contributed by atoms with van der Waals surface area (Å²) in [6, 6.07) is 10.9. The number of nitrogens with zero attached hydrogens (tertiary/aromatic N) is 1. The van der Waals surface area contributed by atoms with Crippen LogP contribution in [0.3, 0.4) is 0 Å². The zero-order valence-corrected chi connectivity index (χ0v) is 13.0. The van der Waals surface area contributed by atoms with Gasteiger partial charge in [-0.2, -0.15) is 17.0 Å². The Hall–Kier alpha value is -0.980. The molecule has 0 aliphatic heterocycles. The molecule has 0 radical (unpaired) electrons. The number of benzene rings is 1. The van der Waals surface area contributed by atoms with E-state index >= 15 is 0 Å². The lowest BCUT2D eigenvalue weighted by atomic mass is 10.0. The standard InChI is InChI=1S/C16H24N2S/c1-4-10-18-16(3,13-17)9-11-19-12-15-8-6-5-7-14(15)2/h5-8,18H,4,9-12H2,1-3H3. The van der Waals surface area contributed by atoms with Crippen molar-refractivity contribution in [2.45, 2.75) is 44.9 Å². The SMILES string of the molecule is CCCNC(C)(C#N)CCSCc1ccccc1C. The van der Waals surface area contributed by atoms with Crippen molar-refractivity contribution in [3.8, 4) is 6.07 Å². The molecule has 1 atom stereocenters. The second-order valence-electron chi connectivity index (χ2n) is 5.10. The van der Waals surface area contributed by atoms with Crippen molar-refractivity contribution in [1.82, 2.24) is 5.32 Å². The molecule has 19 heavy (non-hydrogen) atoms. The summed E-state index contributed by atoms with van der Waals surface area (Å²) in [5, 5.41) is 12.6. The number of nitrogens with one attached hydrogen (secondary N) is 1. The molecule has 0 aromatic heterocycles. The van der Waals surface area contributed by atoms with Gasteiger partial charge >= 0.3 is 0 Å². The summed E-state index contributed by atoms with van der Waals surface area (Å²) in [6.45, 7) is 7.18. The maximum Gasteiger partial charge on any atom is 0.104 e. The van der Waals surface area contributed by atoms with Crippen LogP contribution >= 0.6 is 11.8 Å². The van der Waals surface area contributed by atoms with Crippen LogP contribution in [0, 0.1) is 18.3 Å². The average Bonchev–Trinajstić information content (AvgIpc) is 2.43. The molecule has 0 saturated heterocycles. The number of hydrogen-bond acceptors (Lipinski definition) is 3. The van der Waals surface area contributed by atoms with Gasteiger partial charge in [-0.3, -0.25) is 5.32 Å². The maximum absolute atomic E-state index is 9.25. The van der Waals surface area contributed by atoms with E-state index < -0.39 is 0 Å². The fourth-order valence-corrected chi connectivity index (χ4v) is 3.06. The molecular weight excluding hydrogens is 252 g/mol. The van der Waals surface area contributed by atoms with Gasteiger partial charge in [0, 0.05) is 5.75 Å². The van der Waals surface area contributed by atoms with Crippen molar-refractivity contribution >= 4 is 11.8 Å². The molecule has 104 valence electrons. The van der Waals surface area contributed by atoms with E-state index in [1.807, 2.05) is 18.7 Å². The Balaban J connectivity index is 2.34. The van der Waals surface area contributed by atoms with E-state index in [1.54, 1.807) is 0 Å². The fourth-order valence-electron chi connectivity index (χ4n) is 1.82. The molecule has 1 unspecified atom stereocenters. The fraction of sp³-hybridized carbons (Fsp3) is 0.562. The molecule has 0 bridgehead atoms. The van der Waals surface area contributed by atoms with Crippen LogP contribution in [0.15, 0.2) is 24.3 Å². The van der Waals surface area contributed by atoms with Gasteiger partial charge in [-0.15, -0.1) is 0 Å². The van der Waals surface area contributed by atoms with Crippen LogP contribution in [0.5, 0.6) is 0 Å². The van der Waals surface area contributed by atoms with E-state index in [1.165, 1.54) is 11.1 Å². The van der Waals surface area contributed by atoms with Crippen molar-refractivity contribution in [2.75, 3.05) is 12.3 Å². The Morgan fingerprint density at radius 2 is 2.11 bits per heavy atom. The highest BCUT2D eigenvalue weighted by Crippen LogP contribution is 2.19. The van der Waals surface area contributed by atoms with Gasteiger partial charge in [0.1, 0.15) is 5.54 Å². The van der Waals surface area contributed by atoms with E-state index in [9.17, 15) is 5.26 Å². The molecule has 0 spiro atoms. The molecule has 1 aromatic carbocycles. The first-order valence-electron chi connectivity index (χ1n) is 6.90. The molecule has 0 amide bonds. The zero-order chi connectivity index (χ0) is 14.1. The summed E-state index contributed by atoms with van der Waals surface area (Å²) >= 11 is 1.91. The lowest BCUT2D eigenvalue weighted by Crippen LogP contribution is -2.41. The van der Waals surface area contributed by atoms with Crippen LogP contribution in [0.2, 0.25) is 0 Å². The average molecular weight is 276 g/mol. The molecule has 0 heterocycles. The second-order valence-corrected chi connectivity index (χ2v) is 6.20. The normalized spacial score (nSPS) is 13.8. The third-order valence-corrected chi connectivity index (χ3v) is 4.29. The molecule has 0 fully saturated rings. The van der Waals surface area contributed by atoms with Crippen LogP contribution < -0.4 is 5.32 Å². The van der Waals surface area contributed by atoms with Gasteiger partial charge in [0.25, 0.3) is 0 Å². The highest BCUT2D eigenvalue weighted by molar-refractivity contribution is 7.98. The molecule has 1 aromatic rings. The smallest absolute Gasteiger partial charge is 0.104 e. The van der Waals surface area contributed by atoms with Crippen LogP contribution in [0.4, 0.5) is 0 Å². The summed E-state index contributed by atoms with van der Waals surface area (Å²) in [7, 11) is 0.